The van der Waals surface area contributed by atoms with Crippen molar-refractivity contribution in [2.45, 2.75) is 6.92 Å². The fourth-order valence-corrected chi connectivity index (χ4v) is 2.00. The van der Waals surface area contributed by atoms with Gasteiger partial charge < -0.3 is 0 Å². The third-order valence-electron chi connectivity index (χ3n) is 2.86. The minimum absolute atomic E-state index is 0.160. The van der Waals surface area contributed by atoms with Crippen LogP contribution in [0.15, 0.2) is 24.3 Å². The summed E-state index contributed by atoms with van der Waals surface area (Å²) in [5.74, 6) is 0. The zero-order valence-corrected chi connectivity index (χ0v) is 9.43. The van der Waals surface area contributed by atoms with Gasteiger partial charge in [-0.2, -0.15) is 0 Å². The Morgan fingerprint density at radius 1 is 1.44 bits per heavy atom. The van der Waals surface area contributed by atoms with Crippen LogP contribution in [0.5, 0.6) is 0 Å². The lowest BCUT2D eigenvalue weighted by Crippen LogP contribution is -2.13. The Kier molecular flexibility index (Phi) is 2.75. The summed E-state index contributed by atoms with van der Waals surface area (Å²) in [6, 6.07) is 5.05. The van der Waals surface area contributed by atoms with Gasteiger partial charge in [-0.3, -0.25) is 15.0 Å². The molecule has 1 aliphatic heterocycles. The molecule has 0 N–H and O–H groups in total. The van der Waals surface area contributed by atoms with E-state index < -0.39 is 0 Å². The summed E-state index contributed by atoms with van der Waals surface area (Å²) in [6.45, 7) is 3.78. The zero-order chi connectivity index (χ0) is 11.7. The highest BCUT2D eigenvalue weighted by atomic mass is 16.6. The lowest BCUT2D eigenvalue weighted by Gasteiger charge is -2.09. The number of nitro benzene ring substituents is 1. The number of likely N-dealkylation sites (N-methyl/N-ethyl adjacent to an activating group) is 1. The number of hydrogen-bond acceptors (Lipinski definition) is 3. The van der Waals surface area contributed by atoms with Gasteiger partial charge in [0.25, 0.3) is 5.69 Å². The van der Waals surface area contributed by atoms with Gasteiger partial charge in [0.05, 0.1) is 4.92 Å². The van der Waals surface area contributed by atoms with Crippen molar-refractivity contribution in [3.05, 3.63) is 45.5 Å². The van der Waals surface area contributed by atoms with Gasteiger partial charge in [-0.25, -0.2) is 0 Å². The van der Waals surface area contributed by atoms with E-state index in [2.05, 4.69) is 18.0 Å². The van der Waals surface area contributed by atoms with Crippen LogP contribution in [0.25, 0.3) is 5.57 Å². The molecule has 16 heavy (non-hydrogen) atoms. The first-order valence-electron chi connectivity index (χ1n) is 5.21. The smallest absolute Gasteiger partial charge is 0.269 e. The van der Waals surface area contributed by atoms with Crippen molar-refractivity contribution in [3.8, 4) is 0 Å². The maximum atomic E-state index is 10.6. The van der Waals surface area contributed by atoms with Crippen molar-refractivity contribution in [1.82, 2.24) is 4.90 Å². The highest BCUT2D eigenvalue weighted by Crippen LogP contribution is 2.26. The fourth-order valence-electron chi connectivity index (χ4n) is 2.00. The monoisotopic (exact) mass is 218 g/mol. The van der Waals surface area contributed by atoms with E-state index in [0.29, 0.717) is 0 Å². The van der Waals surface area contributed by atoms with Crippen molar-refractivity contribution in [1.29, 1.82) is 0 Å². The molecule has 0 atom stereocenters. The highest BCUT2D eigenvalue weighted by molar-refractivity contribution is 5.72. The molecule has 1 aliphatic rings. The number of rotatable bonds is 2. The van der Waals surface area contributed by atoms with E-state index in [-0.39, 0.29) is 10.6 Å². The molecule has 0 aromatic heterocycles. The molecule has 84 valence electrons. The van der Waals surface area contributed by atoms with E-state index in [1.807, 2.05) is 13.0 Å². The molecule has 0 fully saturated rings. The first kappa shape index (κ1) is 10.8. The number of non-ortho nitro benzene ring substituents is 1. The summed E-state index contributed by atoms with van der Waals surface area (Å²) in [5, 5.41) is 10.6. The first-order chi connectivity index (χ1) is 7.58. The Balaban J connectivity index is 2.33. The van der Waals surface area contributed by atoms with Gasteiger partial charge in [-0.15, -0.1) is 0 Å². The third kappa shape index (κ3) is 1.97. The molecule has 2 rings (SSSR count). The summed E-state index contributed by atoms with van der Waals surface area (Å²) in [5.41, 5.74) is 3.51. The molecule has 4 heteroatoms. The molecule has 0 radical (unpaired) electrons. The van der Waals surface area contributed by atoms with Crippen molar-refractivity contribution in [2.75, 3.05) is 20.1 Å². The molecule has 0 saturated heterocycles. The quantitative estimate of drug-likeness (QED) is 0.565. The summed E-state index contributed by atoms with van der Waals surface area (Å²) in [6.07, 6.45) is 2.17. The molecule has 1 heterocycles. The average Bonchev–Trinajstić information content (AvgIpc) is 2.64. The molecule has 1 aromatic rings. The van der Waals surface area contributed by atoms with Crippen LogP contribution in [-0.4, -0.2) is 30.0 Å². The van der Waals surface area contributed by atoms with Crippen LogP contribution in [0.2, 0.25) is 0 Å². The van der Waals surface area contributed by atoms with Gasteiger partial charge in [-0.05, 0) is 36.7 Å². The zero-order valence-electron chi connectivity index (χ0n) is 9.43. The Hall–Kier alpha value is -1.68. The van der Waals surface area contributed by atoms with E-state index in [1.165, 1.54) is 5.57 Å². The van der Waals surface area contributed by atoms with Crippen LogP contribution < -0.4 is 0 Å². The van der Waals surface area contributed by atoms with Crippen LogP contribution in [0, 0.1) is 17.0 Å². The minimum atomic E-state index is -0.355. The van der Waals surface area contributed by atoms with Crippen molar-refractivity contribution in [2.24, 2.45) is 0 Å². The normalized spacial score (nSPS) is 16.2. The number of nitrogens with zero attached hydrogens (tertiary/aromatic N) is 2. The lowest BCUT2D eigenvalue weighted by molar-refractivity contribution is -0.384. The molecular formula is C12H14N2O2. The van der Waals surface area contributed by atoms with Crippen LogP contribution >= 0.6 is 0 Å². The Morgan fingerprint density at radius 3 is 2.69 bits per heavy atom. The number of nitro groups is 1. The predicted molar refractivity (Wildman–Crippen MR) is 63.3 cm³/mol. The number of hydrogen-bond donors (Lipinski definition) is 0. The topological polar surface area (TPSA) is 46.4 Å². The highest BCUT2D eigenvalue weighted by Gasteiger charge is 2.15. The third-order valence-corrected chi connectivity index (χ3v) is 2.86. The van der Waals surface area contributed by atoms with Crippen LogP contribution in [0.4, 0.5) is 5.69 Å². The Morgan fingerprint density at radius 2 is 2.19 bits per heavy atom. The fraction of sp³-hybridized carbons (Fsp3) is 0.333. The molecule has 0 amide bonds. The van der Waals surface area contributed by atoms with Crippen LogP contribution in [-0.2, 0) is 0 Å². The molecule has 0 bridgehead atoms. The molecular weight excluding hydrogens is 204 g/mol. The second kappa shape index (κ2) is 4.06. The largest absolute Gasteiger partial charge is 0.298 e. The van der Waals surface area contributed by atoms with E-state index in [9.17, 15) is 10.1 Å². The standard InChI is InChI=1S/C12H14N2O2/c1-9-7-11(14(15)16)3-4-12(9)10-5-6-13(2)8-10/h3-5,7H,6,8H2,1-2H3. The van der Waals surface area contributed by atoms with Gasteiger partial charge in [0, 0.05) is 25.2 Å². The van der Waals surface area contributed by atoms with E-state index in [1.54, 1.807) is 12.1 Å². The average molecular weight is 218 g/mol. The van der Waals surface area contributed by atoms with E-state index in [4.69, 9.17) is 0 Å². The first-order valence-corrected chi connectivity index (χ1v) is 5.21. The second-order valence-corrected chi connectivity index (χ2v) is 4.18. The molecule has 0 saturated carbocycles. The van der Waals surface area contributed by atoms with Gasteiger partial charge in [0.15, 0.2) is 0 Å². The van der Waals surface area contributed by atoms with Gasteiger partial charge in [0.2, 0.25) is 0 Å². The Labute approximate surface area is 94.3 Å². The maximum Gasteiger partial charge on any atom is 0.269 e. The maximum absolute atomic E-state index is 10.6. The number of benzene rings is 1. The predicted octanol–water partition coefficient (Wildman–Crippen LogP) is 2.23. The molecule has 4 nitrogen and oxygen atoms in total. The lowest BCUT2D eigenvalue weighted by atomic mass is 10.0. The molecule has 1 aromatic carbocycles. The van der Waals surface area contributed by atoms with E-state index >= 15 is 0 Å². The van der Waals surface area contributed by atoms with Crippen LogP contribution in [0.1, 0.15) is 11.1 Å². The van der Waals surface area contributed by atoms with Crippen molar-refractivity contribution >= 4 is 11.3 Å². The van der Waals surface area contributed by atoms with E-state index in [0.717, 1.165) is 24.2 Å². The van der Waals surface area contributed by atoms with Crippen molar-refractivity contribution < 1.29 is 4.92 Å². The van der Waals surface area contributed by atoms with Gasteiger partial charge in [-0.1, -0.05) is 6.08 Å². The minimum Gasteiger partial charge on any atom is -0.298 e. The summed E-state index contributed by atoms with van der Waals surface area (Å²) >= 11 is 0. The molecule has 0 aliphatic carbocycles. The molecule has 0 unspecified atom stereocenters. The van der Waals surface area contributed by atoms with Crippen LogP contribution in [0.3, 0.4) is 0 Å². The summed E-state index contributed by atoms with van der Waals surface area (Å²) < 4.78 is 0. The molecule has 0 spiro atoms. The summed E-state index contributed by atoms with van der Waals surface area (Å²) in [4.78, 5) is 12.5. The SMILES string of the molecule is Cc1cc([N+](=O)[O-])ccc1C1=CCN(C)C1. The van der Waals surface area contributed by atoms with Crippen molar-refractivity contribution in [3.63, 3.8) is 0 Å². The Bertz CT molecular complexity index is 466. The van der Waals surface area contributed by atoms with Gasteiger partial charge in [0.1, 0.15) is 0 Å². The number of aryl methyl sites for hydroxylation is 1. The second-order valence-electron chi connectivity index (χ2n) is 4.18. The van der Waals surface area contributed by atoms with Gasteiger partial charge >= 0.3 is 0 Å². The summed E-state index contributed by atoms with van der Waals surface area (Å²) in [7, 11) is 2.06.